The Morgan fingerprint density at radius 2 is 2.12 bits per heavy atom. The van der Waals surface area contributed by atoms with E-state index >= 15 is 0 Å². The summed E-state index contributed by atoms with van der Waals surface area (Å²) in [6, 6.07) is 5.80. The van der Waals surface area contributed by atoms with Crippen molar-refractivity contribution in [2.45, 2.75) is 32.2 Å². The predicted molar refractivity (Wildman–Crippen MR) is 72.4 cm³/mol. The summed E-state index contributed by atoms with van der Waals surface area (Å²) in [4.78, 5) is 13.8. The molecular weight excluding hydrogens is 280 g/mol. The van der Waals surface area contributed by atoms with E-state index < -0.39 is 0 Å². The summed E-state index contributed by atoms with van der Waals surface area (Å²) in [6.45, 7) is 1.52. The number of nitrogens with two attached hydrogens (primary N) is 1. The van der Waals surface area contributed by atoms with E-state index in [1.807, 2.05) is 23.1 Å². The first-order valence-corrected chi connectivity index (χ1v) is 6.78. The van der Waals surface area contributed by atoms with Crippen LogP contribution >= 0.6 is 15.9 Å². The molecule has 2 rings (SSSR count). The molecule has 1 aromatic rings. The molecule has 1 heterocycles. The second-order valence-electron chi connectivity index (χ2n) is 4.45. The van der Waals surface area contributed by atoms with Gasteiger partial charge in [0.2, 0.25) is 5.91 Å². The van der Waals surface area contributed by atoms with E-state index in [9.17, 15) is 4.79 Å². The van der Waals surface area contributed by atoms with Crippen molar-refractivity contribution in [1.82, 2.24) is 4.90 Å². The molecule has 0 unspecified atom stereocenters. The molecule has 2 N–H and O–H groups in total. The van der Waals surface area contributed by atoms with Crippen LogP contribution in [0.5, 0.6) is 0 Å². The van der Waals surface area contributed by atoms with E-state index in [0.717, 1.165) is 41.5 Å². The lowest BCUT2D eigenvalue weighted by Crippen LogP contribution is -2.29. The van der Waals surface area contributed by atoms with Crippen LogP contribution in [0, 0.1) is 0 Å². The summed E-state index contributed by atoms with van der Waals surface area (Å²) >= 11 is 3.48. The Bertz CT molecular complexity index is 420. The SMILES string of the molecule is Nc1cccc(CN2CCCCCC2=O)c1Br. The summed E-state index contributed by atoms with van der Waals surface area (Å²) in [6.07, 6.45) is 3.96. The summed E-state index contributed by atoms with van der Waals surface area (Å²) in [7, 11) is 0. The number of likely N-dealkylation sites (tertiary alicyclic amines) is 1. The van der Waals surface area contributed by atoms with Gasteiger partial charge in [0, 0.05) is 29.7 Å². The number of rotatable bonds is 2. The van der Waals surface area contributed by atoms with Crippen molar-refractivity contribution >= 4 is 27.5 Å². The molecule has 4 heteroatoms. The minimum atomic E-state index is 0.261. The normalized spacial score (nSPS) is 17.0. The van der Waals surface area contributed by atoms with Gasteiger partial charge in [-0.25, -0.2) is 0 Å². The van der Waals surface area contributed by atoms with Gasteiger partial charge in [0.1, 0.15) is 0 Å². The van der Waals surface area contributed by atoms with Crippen molar-refractivity contribution < 1.29 is 4.79 Å². The number of nitrogens with zero attached hydrogens (tertiary/aromatic N) is 1. The van der Waals surface area contributed by atoms with Crippen LogP contribution < -0.4 is 5.73 Å². The molecule has 92 valence electrons. The second-order valence-corrected chi connectivity index (χ2v) is 5.24. The van der Waals surface area contributed by atoms with Crippen molar-refractivity contribution in [2.24, 2.45) is 0 Å². The number of carbonyl (C=O) groups excluding carboxylic acids is 1. The van der Waals surface area contributed by atoms with Crippen molar-refractivity contribution in [1.29, 1.82) is 0 Å². The summed E-state index contributed by atoms with van der Waals surface area (Å²) in [5.41, 5.74) is 7.65. The first-order valence-electron chi connectivity index (χ1n) is 5.99. The summed E-state index contributed by atoms with van der Waals surface area (Å²) in [5.74, 6) is 0.261. The van der Waals surface area contributed by atoms with Gasteiger partial charge in [-0.3, -0.25) is 4.79 Å². The largest absolute Gasteiger partial charge is 0.398 e. The van der Waals surface area contributed by atoms with Crippen LogP contribution in [0.2, 0.25) is 0 Å². The van der Waals surface area contributed by atoms with E-state index in [2.05, 4.69) is 15.9 Å². The average molecular weight is 297 g/mol. The highest BCUT2D eigenvalue weighted by Crippen LogP contribution is 2.25. The molecular formula is C13H17BrN2O. The van der Waals surface area contributed by atoms with E-state index in [1.54, 1.807) is 0 Å². The molecule has 0 bridgehead atoms. The highest BCUT2D eigenvalue weighted by Gasteiger charge is 2.17. The number of hydrogen-bond donors (Lipinski definition) is 1. The topological polar surface area (TPSA) is 46.3 Å². The van der Waals surface area contributed by atoms with Gasteiger partial charge in [0.15, 0.2) is 0 Å². The van der Waals surface area contributed by atoms with Gasteiger partial charge in [-0.15, -0.1) is 0 Å². The van der Waals surface area contributed by atoms with Crippen molar-refractivity contribution in [3.8, 4) is 0 Å². The zero-order valence-corrected chi connectivity index (χ0v) is 11.4. The van der Waals surface area contributed by atoms with Gasteiger partial charge < -0.3 is 10.6 Å². The zero-order valence-electron chi connectivity index (χ0n) is 9.79. The first kappa shape index (κ1) is 12.4. The van der Waals surface area contributed by atoms with Crippen LogP contribution in [-0.2, 0) is 11.3 Å². The fourth-order valence-electron chi connectivity index (χ4n) is 2.13. The monoisotopic (exact) mass is 296 g/mol. The maximum absolute atomic E-state index is 11.9. The van der Waals surface area contributed by atoms with Gasteiger partial charge in [-0.2, -0.15) is 0 Å². The number of halogens is 1. The molecule has 1 fully saturated rings. The highest BCUT2D eigenvalue weighted by molar-refractivity contribution is 9.10. The van der Waals surface area contributed by atoms with Gasteiger partial charge >= 0.3 is 0 Å². The fraction of sp³-hybridized carbons (Fsp3) is 0.462. The lowest BCUT2D eigenvalue weighted by Gasteiger charge is -2.21. The lowest BCUT2D eigenvalue weighted by molar-refractivity contribution is -0.131. The Kier molecular flexibility index (Phi) is 4.05. The maximum atomic E-state index is 11.9. The molecule has 0 atom stereocenters. The molecule has 0 spiro atoms. The quantitative estimate of drug-likeness (QED) is 0.853. The number of amides is 1. The van der Waals surface area contributed by atoms with E-state index in [0.29, 0.717) is 13.0 Å². The third-order valence-corrected chi connectivity index (χ3v) is 4.11. The number of carbonyl (C=O) groups is 1. The highest BCUT2D eigenvalue weighted by atomic mass is 79.9. The molecule has 1 aliphatic rings. The van der Waals surface area contributed by atoms with Crippen LogP contribution in [0.3, 0.4) is 0 Å². The predicted octanol–water partition coefficient (Wildman–Crippen LogP) is 2.93. The van der Waals surface area contributed by atoms with Gasteiger partial charge in [-0.05, 0) is 40.4 Å². The molecule has 0 aromatic heterocycles. The number of benzene rings is 1. The molecule has 3 nitrogen and oxygen atoms in total. The lowest BCUT2D eigenvalue weighted by atomic mass is 10.2. The fourth-order valence-corrected chi connectivity index (χ4v) is 2.52. The van der Waals surface area contributed by atoms with E-state index in [1.165, 1.54) is 0 Å². The van der Waals surface area contributed by atoms with Gasteiger partial charge in [0.25, 0.3) is 0 Å². The first-order chi connectivity index (χ1) is 8.18. The van der Waals surface area contributed by atoms with Crippen molar-refractivity contribution in [2.75, 3.05) is 12.3 Å². The van der Waals surface area contributed by atoms with Crippen LogP contribution in [0.25, 0.3) is 0 Å². The molecule has 0 radical (unpaired) electrons. The van der Waals surface area contributed by atoms with Gasteiger partial charge in [-0.1, -0.05) is 18.6 Å². The minimum Gasteiger partial charge on any atom is -0.398 e. The summed E-state index contributed by atoms with van der Waals surface area (Å²) < 4.78 is 0.914. The van der Waals surface area contributed by atoms with Gasteiger partial charge in [0.05, 0.1) is 0 Å². The van der Waals surface area contributed by atoms with Crippen LogP contribution in [0.1, 0.15) is 31.2 Å². The van der Waals surface area contributed by atoms with Crippen molar-refractivity contribution in [3.05, 3.63) is 28.2 Å². The van der Waals surface area contributed by atoms with Crippen molar-refractivity contribution in [3.63, 3.8) is 0 Å². The Balaban J connectivity index is 2.13. The summed E-state index contributed by atoms with van der Waals surface area (Å²) in [5, 5.41) is 0. The maximum Gasteiger partial charge on any atom is 0.222 e. The van der Waals surface area contributed by atoms with E-state index in [-0.39, 0.29) is 5.91 Å². The number of anilines is 1. The molecule has 17 heavy (non-hydrogen) atoms. The smallest absolute Gasteiger partial charge is 0.222 e. The van der Waals surface area contributed by atoms with Crippen LogP contribution in [0.15, 0.2) is 22.7 Å². The standard InChI is InChI=1S/C13H17BrN2O/c14-13-10(5-4-6-11(13)15)9-16-8-3-1-2-7-12(16)17/h4-6H,1-3,7-9,15H2. The molecule has 1 aliphatic heterocycles. The molecule has 0 saturated carbocycles. The Hall–Kier alpha value is -1.03. The third kappa shape index (κ3) is 3.00. The Morgan fingerprint density at radius 3 is 2.94 bits per heavy atom. The second kappa shape index (κ2) is 5.54. The minimum absolute atomic E-state index is 0.261. The molecule has 0 aliphatic carbocycles. The van der Waals surface area contributed by atoms with Crippen LogP contribution in [0.4, 0.5) is 5.69 Å². The molecule has 1 aromatic carbocycles. The van der Waals surface area contributed by atoms with E-state index in [4.69, 9.17) is 5.73 Å². The van der Waals surface area contributed by atoms with Crippen LogP contribution in [-0.4, -0.2) is 17.4 Å². The number of hydrogen-bond acceptors (Lipinski definition) is 2. The third-order valence-electron chi connectivity index (χ3n) is 3.14. The Labute approximate surface area is 110 Å². The average Bonchev–Trinajstić information content (AvgIpc) is 2.51. The number of nitrogen functional groups attached to an aromatic ring is 1. The zero-order chi connectivity index (χ0) is 12.3. The molecule has 1 amide bonds. The molecule has 1 saturated heterocycles. The Morgan fingerprint density at radius 1 is 1.29 bits per heavy atom.